The average molecular weight is 655 g/mol. The second kappa shape index (κ2) is 11.4. The van der Waals surface area contributed by atoms with Gasteiger partial charge in [0.15, 0.2) is 11.5 Å². The summed E-state index contributed by atoms with van der Waals surface area (Å²) in [5.74, 6) is -0.137. The highest BCUT2D eigenvalue weighted by Gasteiger charge is 2.34. The standard InChI is InChI=1S/C25H19Br2ClN2O7/c1-34-19-10-14(20(26)21(27)22(19)36-12-13-3-5-15(28)6-4-13)9-17-23(31)30(25(33)29-17)11-16-7-8-18(37-16)24(32)35-2/h3-10H,11-12H2,1-2H3,(H,29,33)/b17-9-. The number of nitrogens with one attached hydrogen (secondary N) is 1. The molecule has 1 N–H and O–H groups in total. The van der Waals surface area contributed by atoms with Gasteiger partial charge in [-0.05, 0) is 79.4 Å². The van der Waals surface area contributed by atoms with E-state index in [0.29, 0.717) is 31.0 Å². The van der Waals surface area contributed by atoms with Crippen molar-refractivity contribution in [2.45, 2.75) is 13.2 Å². The molecule has 0 aliphatic carbocycles. The molecule has 2 heterocycles. The van der Waals surface area contributed by atoms with E-state index < -0.39 is 17.9 Å². The van der Waals surface area contributed by atoms with Crippen molar-refractivity contribution in [3.05, 3.63) is 84.8 Å². The number of hydrogen-bond donors (Lipinski definition) is 1. The van der Waals surface area contributed by atoms with Crippen LogP contribution in [0.2, 0.25) is 5.02 Å². The number of furan rings is 1. The third kappa shape index (κ3) is 5.84. The predicted octanol–water partition coefficient (Wildman–Crippen LogP) is 5.93. The molecule has 1 saturated heterocycles. The number of carbonyl (C=O) groups excluding carboxylic acids is 3. The topological polar surface area (TPSA) is 107 Å². The van der Waals surface area contributed by atoms with Gasteiger partial charge in [0.1, 0.15) is 18.1 Å². The fourth-order valence-electron chi connectivity index (χ4n) is 3.43. The number of urea groups is 1. The van der Waals surface area contributed by atoms with E-state index in [1.165, 1.54) is 32.4 Å². The lowest BCUT2D eigenvalue weighted by Crippen LogP contribution is -2.30. The Morgan fingerprint density at radius 1 is 1.11 bits per heavy atom. The maximum Gasteiger partial charge on any atom is 0.373 e. The summed E-state index contributed by atoms with van der Waals surface area (Å²) in [5.41, 5.74) is 1.52. The molecule has 0 spiro atoms. The SMILES string of the molecule is COC(=O)c1ccc(CN2C(=O)N/C(=C\c3cc(OC)c(OCc4ccc(Cl)cc4)c(Br)c3Br)C2=O)o1. The Kier molecular flexibility index (Phi) is 8.25. The van der Waals surface area contributed by atoms with Gasteiger partial charge in [0, 0.05) is 9.50 Å². The van der Waals surface area contributed by atoms with Crippen LogP contribution >= 0.6 is 43.5 Å². The number of amides is 3. The maximum atomic E-state index is 13.0. The fourth-order valence-corrected chi connectivity index (χ4v) is 4.51. The van der Waals surface area contributed by atoms with Gasteiger partial charge < -0.3 is 23.9 Å². The van der Waals surface area contributed by atoms with Crippen LogP contribution in [-0.4, -0.2) is 37.0 Å². The number of rotatable bonds is 8. The number of carbonyl (C=O) groups is 3. The van der Waals surface area contributed by atoms with Crippen LogP contribution < -0.4 is 14.8 Å². The summed E-state index contributed by atoms with van der Waals surface area (Å²) in [6.45, 7) is 0.109. The molecule has 37 heavy (non-hydrogen) atoms. The molecule has 3 amide bonds. The molecule has 192 valence electrons. The van der Waals surface area contributed by atoms with E-state index in [4.69, 9.17) is 25.5 Å². The number of halogens is 3. The van der Waals surface area contributed by atoms with E-state index in [9.17, 15) is 14.4 Å². The Morgan fingerprint density at radius 3 is 2.51 bits per heavy atom. The van der Waals surface area contributed by atoms with Gasteiger partial charge in [-0.1, -0.05) is 23.7 Å². The van der Waals surface area contributed by atoms with E-state index in [0.717, 1.165) is 10.5 Å². The molecule has 4 rings (SSSR count). The summed E-state index contributed by atoms with van der Waals surface area (Å²) in [5, 5.41) is 3.19. The number of esters is 1. The molecule has 1 fully saturated rings. The molecule has 0 unspecified atom stereocenters. The summed E-state index contributed by atoms with van der Waals surface area (Å²) >= 11 is 13.0. The molecular formula is C25H19Br2ClN2O7. The number of methoxy groups -OCH3 is 2. The molecule has 2 aromatic carbocycles. The average Bonchev–Trinajstić information content (AvgIpc) is 3.47. The monoisotopic (exact) mass is 652 g/mol. The van der Waals surface area contributed by atoms with E-state index in [2.05, 4.69) is 41.9 Å². The zero-order valence-electron chi connectivity index (χ0n) is 19.5. The summed E-state index contributed by atoms with van der Waals surface area (Å²) in [7, 11) is 2.72. The first-order valence-electron chi connectivity index (χ1n) is 10.7. The molecule has 3 aromatic rings. The van der Waals surface area contributed by atoms with Crippen molar-refractivity contribution in [3.8, 4) is 11.5 Å². The third-order valence-electron chi connectivity index (χ3n) is 5.30. The van der Waals surface area contributed by atoms with Crippen LogP contribution in [0, 0.1) is 0 Å². The van der Waals surface area contributed by atoms with Gasteiger partial charge in [0.25, 0.3) is 5.91 Å². The first kappa shape index (κ1) is 26.8. The summed E-state index contributed by atoms with van der Waals surface area (Å²) in [4.78, 5) is 38.0. The van der Waals surface area contributed by atoms with Crippen molar-refractivity contribution < 1.29 is 33.0 Å². The minimum absolute atomic E-state index is 0.0282. The highest BCUT2D eigenvalue weighted by molar-refractivity contribution is 9.13. The van der Waals surface area contributed by atoms with Gasteiger partial charge in [-0.15, -0.1) is 0 Å². The first-order valence-corrected chi connectivity index (χ1v) is 12.6. The minimum atomic E-state index is -0.658. The smallest absolute Gasteiger partial charge is 0.373 e. The van der Waals surface area contributed by atoms with Crippen molar-refractivity contribution in [2.75, 3.05) is 14.2 Å². The second-order valence-electron chi connectivity index (χ2n) is 7.68. The molecule has 0 bridgehead atoms. The summed E-state index contributed by atoms with van der Waals surface area (Å²) < 4.78 is 22.6. The van der Waals surface area contributed by atoms with Crippen LogP contribution in [-0.2, 0) is 22.7 Å². The largest absolute Gasteiger partial charge is 0.493 e. The van der Waals surface area contributed by atoms with Gasteiger partial charge in [0.2, 0.25) is 5.76 Å². The molecule has 12 heteroatoms. The van der Waals surface area contributed by atoms with E-state index in [-0.39, 0.29) is 30.4 Å². The van der Waals surface area contributed by atoms with Crippen LogP contribution in [0.1, 0.15) is 27.4 Å². The number of imide groups is 1. The molecule has 9 nitrogen and oxygen atoms in total. The lowest BCUT2D eigenvalue weighted by molar-refractivity contribution is -0.123. The quantitative estimate of drug-likeness (QED) is 0.183. The molecule has 0 atom stereocenters. The van der Waals surface area contributed by atoms with Gasteiger partial charge in [-0.25, -0.2) is 9.59 Å². The van der Waals surface area contributed by atoms with Gasteiger partial charge in [-0.2, -0.15) is 0 Å². The number of nitrogens with zero attached hydrogens (tertiary/aromatic N) is 1. The second-order valence-corrected chi connectivity index (χ2v) is 9.70. The van der Waals surface area contributed by atoms with Crippen molar-refractivity contribution >= 4 is 67.4 Å². The van der Waals surface area contributed by atoms with Gasteiger partial charge in [-0.3, -0.25) is 9.69 Å². The normalized spacial score (nSPS) is 14.2. The molecule has 0 radical (unpaired) electrons. The van der Waals surface area contributed by atoms with Crippen LogP contribution in [0.4, 0.5) is 4.79 Å². The Hall–Kier alpha value is -3.28. The van der Waals surface area contributed by atoms with E-state index in [1.54, 1.807) is 18.2 Å². The van der Waals surface area contributed by atoms with Gasteiger partial charge >= 0.3 is 12.0 Å². The highest BCUT2D eigenvalue weighted by atomic mass is 79.9. The third-order valence-corrected chi connectivity index (χ3v) is 7.69. The van der Waals surface area contributed by atoms with Crippen molar-refractivity contribution in [3.63, 3.8) is 0 Å². The fraction of sp³-hybridized carbons (Fsp3) is 0.160. The van der Waals surface area contributed by atoms with Crippen LogP contribution in [0.15, 0.2) is 61.5 Å². The maximum absolute atomic E-state index is 13.0. The molecule has 1 aliphatic rings. The van der Waals surface area contributed by atoms with Crippen LogP contribution in [0.5, 0.6) is 11.5 Å². The van der Waals surface area contributed by atoms with Crippen molar-refractivity contribution in [1.29, 1.82) is 0 Å². The lowest BCUT2D eigenvalue weighted by atomic mass is 10.1. The number of hydrogen-bond acceptors (Lipinski definition) is 7. The summed E-state index contributed by atoms with van der Waals surface area (Å²) in [6, 6.07) is 11.2. The molecular weight excluding hydrogens is 636 g/mol. The molecule has 1 aromatic heterocycles. The molecule has 1 aliphatic heterocycles. The predicted molar refractivity (Wildman–Crippen MR) is 141 cm³/mol. The van der Waals surface area contributed by atoms with Crippen molar-refractivity contribution in [1.82, 2.24) is 10.2 Å². The van der Waals surface area contributed by atoms with Crippen molar-refractivity contribution in [2.24, 2.45) is 0 Å². The minimum Gasteiger partial charge on any atom is -0.493 e. The van der Waals surface area contributed by atoms with Crippen LogP contribution in [0.3, 0.4) is 0 Å². The lowest BCUT2D eigenvalue weighted by Gasteiger charge is -2.16. The Bertz CT molecular complexity index is 1400. The number of ether oxygens (including phenoxy) is 3. The zero-order chi connectivity index (χ0) is 26.7. The highest BCUT2D eigenvalue weighted by Crippen LogP contribution is 2.44. The summed E-state index contributed by atoms with van der Waals surface area (Å²) in [6.07, 6.45) is 1.52. The van der Waals surface area contributed by atoms with Crippen LogP contribution in [0.25, 0.3) is 6.08 Å². The van der Waals surface area contributed by atoms with E-state index >= 15 is 0 Å². The molecule has 0 saturated carbocycles. The Balaban J connectivity index is 1.55. The first-order chi connectivity index (χ1) is 17.7. The Labute approximate surface area is 233 Å². The Morgan fingerprint density at radius 2 is 1.84 bits per heavy atom. The van der Waals surface area contributed by atoms with Gasteiger partial charge in [0.05, 0.1) is 25.2 Å². The zero-order valence-corrected chi connectivity index (χ0v) is 23.4. The number of benzene rings is 2. The van der Waals surface area contributed by atoms with E-state index in [1.807, 2.05) is 12.1 Å².